The first-order valence-electron chi connectivity index (χ1n) is 9.07. The van der Waals surface area contributed by atoms with Crippen molar-refractivity contribution in [1.82, 2.24) is 0 Å². The Morgan fingerprint density at radius 3 is 2.68 bits per heavy atom. The minimum absolute atomic E-state index is 0.164. The molecule has 6 aliphatic rings. The van der Waals surface area contributed by atoms with Gasteiger partial charge in [-0.3, -0.25) is 4.79 Å². The van der Waals surface area contributed by atoms with Gasteiger partial charge in [-0.2, -0.15) is 0 Å². The van der Waals surface area contributed by atoms with E-state index in [1.165, 1.54) is 6.08 Å². The predicted molar refractivity (Wildman–Crippen MR) is 81.4 cm³/mol. The van der Waals surface area contributed by atoms with E-state index < -0.39 is 41.6 Å². The van der Waals surface area contributed by atoms with Crippen molar-refractivity contribution >= 4 is 11.9 Å². The van der Waals surface area contributed by atoms with Crippen molar-refractivity contribution in [3.63, 3.8) is 0 Å². The Bertz CT molecular complexity index is 660. The topological polar surface area (TPSA) is 80.3 Å². The minimum atomic E-state index is -0.898. The Balaban J connectivity index is 1.59. The third-order valence-electron chi connectivity index (χ3n) is 6.73. The number of cyclic esters (lactones) is 1. The maximum atomic E-state index is 12.8. The Kier molecular flexibility index (Phi) is 3.19. The number of carbonyl (C=O) groups is 2. The molecular weight excluding hydrogens is 328 g/mol. The lowest BCUT2D eigenvalue weighted by Gasteiger charge is -2.58. The molecule has 7 nitrogen and oxygen atoms in total. The van der Waals surface area contributed by atoms with Crippen LogP contribution in [0.25, 0.3) is 0 Å². The summed E-state index contributed by atoms with van der Waals surface area (Å²) in [6.45, 7) is 4.02. The van der Waals surface area contributed by atoms with Crippen molar-refractivity contribution in [1.29, 1.82) is 0 Å². The minimum Gasteiger partial charge on any atom is -0.454 e. The molecule has 1 spiro atoms. The summed E-state index contributed by atoms with van der Waals surface area (Å²) in [4.78, 5) is 36.0. The molecule has 2 bridgehead atoms. The molecule has 5 heterocycles. The summed E-state index contributed by atoms with van der Waals surface area (Å²) in [7, 11) is 0. The zero-order valence-corrected chi connectivity index (χ0v) is 14.3. The Hall–Kier alpha value is -1.44. The molecule has 0 radical (unpaired) electrons. The van der Waals surface area contributed by atoms with Gasteiger partial charge in [-0.15, -0.1) is 0 Å². The van der Waals surface area contributed by atoms with Crippen LogP contribution in [0.1, 0.15) is 39.5 Å². The van der Waals surface area contributed by atoms with E-state index in [1.807, 2.05) is 6.92 Å². The molecule has 1 unspecified atom stereocenters. The number of hydrogen-bond donors (Lipinski definition) is 0. The van der Waals surface area contributed by atoms with Crippen LogP contribution < -0.4 is 0 Å². The summed E-state index contributed by atoms with van der Waals surface area (Å²) in [6.07, 6.45) is 4.94. The van der Waals surface area contributed by atoms with Gasteiger partial charge in [0.25, 0.3) is 0 Å². The van der Waals surface area contributed by atoms with Crippen molar-refractivity contribution in [2.24, 2.45) is 23.7 Å². The maximum Gasteiger partial charge on any atom is 0.331 e. The van der Waals surface area contributed by atoms with E-state index in [9.17, 15) is 9.59 Å². The van der Waals surface area contributed by atoms with Crippen LogP contribution in [0.5, 0.6) is 0 Å². The second kappa shape index (κ2) is 5.05. The van der Waals surface area contributed by atoms with Crippen LogP contribution in [-0.2, 0) is 33.6 Å². The number of hydrogen-bond acceptors (Lipinski definition) is 7. The lowest BCUT2D eigenvalue weighted by molar-refractivity contribution is -0.559. The third-order valence-corrected chi connectivity index (χ3v) is 6.73. The molecule has 0 N–H and O–H groups in total. The smallest absolute Gasteiger partial charge is 0.331 e. The molecule has 6 rings (SSSR count). The highest BCUT2D eigenvalue weighted by atomic mass is 17.3. The van der Waals surface area contributed by atoms with E-state index >= 15 is 0 Å². The van der Waals surface area contributed by atoms with Gasteiger partial charge < -0.3 is 14.2 Å². The summed E-state index contributed by atoms with van der Waals surface area (Å²) >= 11 is 0. The quantitative estimate of drug-likeness (QED) is 0.527. The van der Waals surface area contributed by atoms with Crippen LogP contribution in [-0.4, -0.2) is 35.7 Å². The fraction of sp³-hybridized carbons (Fsp3) is 0.778. The Morgan fingerprint density at radius 1 is 1.08 bits per heavy atom. The second-order valence-corrected chi connectivity index (χ2v) is 8.13. The van der Waals surface area contributed by atoms with Gasteiger partial charge in [0.05, 0.1) is 0 Å². The largest absolute Gasteiger partial charge is 0.454 e. The van der Waals surface area contributed by atoms with Crippen LogP contribution in [0.3, 0.4) is 0 Å². The first kappa shape index (κ1) is 15.8. The van der Waals surface area contributed by atoms with Gasteiger partial charge in [-0.1, -0.05) is 6.92 Å². The number of fused-ring (bicyclic) bond motifs is 2. The molecule has 1 aliphatic carbocycles. The summed E-state index contributed by atoms with van der Waals surface area (Å²) in [5.41, 5.74) is -0.838. The molecule has 0 aromatic rings. The highest BCUT2D eigenvalue weighted by molar-refractivity contribution is 5.86. The summed E-state index contributed by atoms with van der Waals surface area (Å²) in [5.74, 6) is -1.92. The fourth-order valence-electron chi connectivity index (χ4n) is 5.50. The van der Waals surface area contributed by atoms with E-state index in [2.05, 4.69) is 6.92 Å². The van der Waals surface area contributed by atoms with Gasteiger partial charge in [-0.25, -0.2) is 14.6 Å². The molecule has 0 amide bonds. The first-order valence-corrected chi connectivity index (χ1v) is 9.07. The molecule has 1 saturated carbocycles. The average Bonchev–Trinajstić information content (AvgIpc) is 2.85. The zero-order chi connectivity index (χ0) is 17.4. The molecule has 25 heavy (non-hydrogen) atoms. The standard InChI is InChI=1S/C18H22O7/c1-9-3-4-11-14(12-5-6-13(19)21-12)15(20)22-16-18(11)10(9)7-8-17(2,23-16)24-25-18/h5-6,9-12,14,16H,3-4,7-8H2,1-2H3/t9-,10+,11+,12?,14+,16-,17-,18-/m1/s1. The summed E-state index contributed by atoms with van der Waals surface area (Å²) < 4.78 is 17.1. The Labute approximate surface area is 145 Å². The van der Waals surface area contributed by atoms with E-state index in [0.717, 1.165) is 19.3 Å². The SMILES string of the molecule is C[C@@H]1CC[C@H]2[C@@H](C3C=CC(=O)O3)C(=O)O[C@@H]3O[C@@]4(C)CC[C@@H]1[C@]32OO4. The van der Waals surface area contributed by atoms with Gasteiger partial charge >= 0.3 is 11.9 Å². The fourth-order valence-corrected chi connectivity index (χ4v) is 5.50. The number of carbonyl (C=O) groups excluding carboxylic acids is 2. The summed E-state index contributed by atoms with van der Waals surface area (Å²) in [5, 5.41) is 0. The lowest BCUT2D eigenvalue weighted by Crippen LogP contribution is -2.71. The number of esters is 2. The van der Waals surface area contributed by atoms with Crippen molar-refractivity contribution in [3.8, 4) is 0 Å². The van der Waals surface area contributed by atoms with Crippen molar-refractivity contribution in [2.45, 2.75) is 63.3 Å². The van der Waals surface area contributed by atoms with Crippen LogP contribution >= 0.6 is 0 Å². The molecule has 5 fully saturated rings. The van der Waals surface area contributed by atoms with Crippen molar-refractivity contribution < 1.29 is 33.6 Å². The average molecular weight is 350 g/mol. The number of rotatable bonds is 1. The molecule has 0 aromatic carbocycles. The van der Waals surface area contributed by atoms with Gasteiger partial charge in [0.2, 0.25) is 12.1 Å². The number of ether oxygens (including phenoxy) is 3. The van der Waals surface area contributed by atoms with Crippen molar-refractivity contribution in [2.75, 3.05) is 0 Å². The van der Waals surface area contributed by atoms with Crippen LogP contribution in [0, 0.1) is 23.7 Å². The third kappa shape index (κ3) is 2.03. The first-order chi connectivity index (χ1) is 11.9. The van der Waals surface area contributed by atoms with Gasteiger partial charge in [0.15, 0.2) is 5.60 Å². The van der Waals surface area contributed by atoms with Gasteiger partial charge in [-0.05, 0) is 38.2 Å². The molecule has 8 atom stereocenters. The second-order valence-electron chi connectivity index (χ2n) is 8.13. The molecule has 7 heteroatoms. The monoisotopic (exact) mass is 350 g/mol. The molecule has 5 aliphatic heterocycles. The highest BCUT2D eigenvalue weighted by Crippen LogP contribution is 2.60. The molecular formula is C18H22O7. The highest BCUT2D eigenvalue weighted by Gasteiger charge is 2.71. The maximum absolute atomic E-state index is 12.8. The van der Waals surface area contributed by atoms with Crippen molar-refractivity contribution in [3.05, 3.63) is 12.2 Å². The molecule has 136 valence electrons. The Morgan fingerprint density at radius 2 is 1.92 bits per heavy atom. The molecule has 0 aromatic heterocycles. The summed E-state index contributed by atoms with van der Waals surface area (Å²) in [6, 6.07) is 0. The zero-order valence-electron chi connectivity index (χ0n) is 14.3. The van der Waals surface area contributed by atoms with E-state index in [4.69, 9.17) is 24.0 Å². The van der Waals surface area contributed by atoms with Gasteiger partial charge in [0.1, 0.15) is 12.0 Å². The van der Waals surface area contributed by atoms with E-state index in [1.54, 1.807) is 6.08 Å². The van der Waals surface area contributed by atoms with E-state index in [-0.39, 0.29) is 11.8 Å². The lowest BCUT2D eigenvalue weighted by atomic mass is 9.57. The van der Waals surface area contributed by atoms with E-state index in [0.29, 0.717) is 12.3 Å². The normalized spacial score (nSPS) is 53.8. The van der Waals surface area contributed by atoms with Crippen LogP contribution in [0.15, 0.2) is 12.2 Å². The van der Waals surface area contributed by atoms with Crippen LogP contribution in [0.4, 0.5) is 0 Å². The predicted octanol–water partition coefficient (Wildman–Crippen LogP) is 1.86. The van der Waals surface area contributed by atoms with Gasteiger partial charge in [0, 0.05) is 24.3 Å². The van der Waals surface area contributed by atoms with Crippen LogP contribution in [0.2, 0.25) is 0 Å². The molecule has 4 saturated heterocycles.